The molecular formula is C14H19ClN2O2. The Morgan fingerprint density at radius 1 is 1.42 bits per heavy atom. The zero-order valence-electron chi connectivity index (χ0n) is 10.8. The zero-order valence-corrected chi connectivity index (χ0v) is 11.6. The number of hydrogen-bond donors (Lipinski definition) is 1. The molecule has 1 aromatic carbocycles. The van der Waals surface area contributed by atoms with Crippen LogP contribution in [0.2, 0.25) is 5.02 Å². The number of nitrogens with two attached hydrogens (primary N) is 1. The van der Waals surface area contributed by atoms with Crippen LogP contribution in [0, 0.1) is 0 Å². The van der Waals surface area contributed by atoms with Gasteiger partial charge in [-0.15, -0.1) is 0 Å². The van der Waals surface area contributed by atoms with Crippen LogP contribution in [0.5, 0.6) is 0 Å². The summed E-state index contributed by atoms with van der Waals surface area (Å²) >= 11 is 5.83. The van der Waals surface area contributed by atoms with Gasteiger partial charge < -0.3 is 15.4 Å². The number of nitrogens with zero attached hydrogens (tertiary/aromatic N) is 1. The standard InChI is InChI=1S/C14H19ClN2O2/c15-12-5-3-11(4-6-12)10-19-13-2-1-7-17(9-13)14(18)8-16/h3-6,13H,1-2,7-10,16H2. The second-order valence-electron chi connectivity index (χ2n) is 4.75. The van der Waals surface area contributed by atoms with Gasteiger partial charge in [-0.2, -0.15) is 0 Å². The number of hydrogen-bond acceptors (Lipinski definition) is 3. The van der Waals surface area contributed by atoms with E-state index in [1.807, 2.05) is 24.3 Å². The molecule has 1 atom stereocenters. The van der Waals surface area contributed by atoms with Crippen molar-refractivity contribution < 1.29 is 9.53 Å². The maximum absolute atomic E-state index is 11.6. The van der Waals surface area contributed by atoms with E-state index in [1.54, 1.807) is 4.90 Å². The fourth-order valence-corrected chi connectivity index (χ4v) is 2.35. The van der Waals surface area contributed by atoms with Crippen molar-refractivity contribution >= 4 is 17.5 Å². The van der Waals surface area contributed by atoms with Crippen LogP contribution in [0.25, 0.3) is 0 Å². The number of halogens is 1. The van der Waals surface area contributed by atoms with E-state index in [9.17, 15) is 4.79 Å². The summed E-state index contributed by atoms with van der Waals surface area (Å²) in [5, 5.41) is 0.723. The first kappa shape index (κ1) is 14.3. The van der Waals surface area contributed by atoms with Crippen LogP contribution in [-0.4, -0.2) is 36.5 Å². The van der Waals surface area contributed by atoms with Gasteiger partial charge >= 0.3 is 0 Å². The second kappa shape index (κ2) is 6.89. The van der Waals surface area contributed by atoms with Gasteiger partial charge in [-0.05, 0) is 30.5 Å². The fraction of sp³-hybridized carbons (Fsp3) is 0.500. The third kappa shape index (κ3) is 4.20. The van der Waals surface area contributed by atoms with Crippen LogP contribution in [-0.2, 0) is 16.1 Å². The van der Waals surface area contributed by atoms with Crippen LogP contribution < -0.4 is 5.73 Å². The molecule has 1 amide bonds. The Kier molecular flexibility index (Phi) is 5.19. The number of likely N-dealkylation sites (tertiary alicyclic amines) is 1. The number of rotatable bonds is 4. The molecule has 2 rings (SSSR count). The fourth-order valence-electron chi connectivity index (χ4n) is 2.22. The molecule has 1 unspecified atom stereocenters. The van der Waals surface area contributed by atoms with Gasteiger partial charge in [0.2, 0.25) is 5.91 Å². The number of piperidine rings is 1. The van der Waals surface area contributed by atoms with Crippen molar-refractivity contribution in [3.05, 3.63) is 34.9 Å². The van der Waals surface area contributed by atoms with Crippen molar-refractivity contribution in [2.45, 2.75) is 25.6 Å². The van der Waals surface area contributed by atoms with E-state index in [1.165, 1.54) is 0 Å². The van der Waals surface area contributed by atoms with E-state index < -0.39 is 0 Å². The first-order valence-electron chi connectivity index (χ1n) is 6.53. The third-order valence-corrected chi connectivity index (χ3v) is 3.56. The minimum absolute atomic E-state index is 0.000192. The Balaban J connectivity index is 1.82. The van der Waals surface area contributed by atoms with Gasteiger partial charge in [0.15, 0.2) is 0 Å². The minimum atomic E-state index is -0.000192. The molecule has 0 aliphatic carbocycles. The van der Waals surface area contributed by atoms with Gasteiger partial charge in [0.1, 0.15) is 0 Å². The highest BCUT2D eigenvalue weighted by Crippen LogP contribution is 2.16. The molecule has 1 aliphatic heterocycles. The number of ether oxygens (including phenoxy) is 1. The van der Waals surface area contributed by atoms with Crippen LogP contribution in [0.4, 0.5) is 0 Å². The SMILES string of the molecule is NCC(=O)N1CCCC(OCc2ccc(Cl)cc2)C1. The molecular weight excluding hydrogens is 264 g/mol. The molecule has 0 aromatic heterocycles. The smallest absolute Gasteiger partial charge is 0.236 e. The lowest BCUT2D eigenvalue weighted by Gasteiger charge is -2.32. The van der Waals surface area contributed by atoms with Gasteiger partial charge in [-0.3, -0.25) is 4.79 Å². The van der Waals surface area contributed by atoms with Gasteiger partial charge in [0.05, 0.1) is 19.3 Å². The maximum Gasteiger partial charge on any atom is 0.236 e. The second-order valence-corrected chi connectivity index (χ2v) is 5.18. The highest BCUT2D eigenvalue weighted by atomic mass is 35.5. The Labute approximate surface area is 118 Å². The Bertz CT molecular complexity index is 422. The van der Waals surface area contributed by atoms with Crippen molar-refractivity contribution in [2.24, 2.45) is 5.73 Å². The molecule has 1 heterocycles. The quantitative estimate of drug-likeness (QED) is 0.916. The summed E-state index contributed by atoms with van der Waals surface area (Å²) in [7, 11) is 0. The molecule has 1 aliphatic rings. The first-order chi connectivity index (χ1) is 9.19. The predicted molar refractivity (Wildman–Crippen MR) is 74.9 cm³/mol. The summed E-state index contributed by atoms with van der Waals surface area (Å²) in [6.45, 7) is 2.05. The maximum atomic E-state index is 11.6. The van der Waals surface area contributed by atoms with Crippen LogP contribution >= 0.6 is 11.6 Å². The monoisotopic (exact) mass is 282 g/mol. The predicted octanol–water partition coefficient (Wildman–Crippen LogP) is 1.81. The Hall–Kier alpha value is -1.10. The van der Waals surface area contributed by atoms with E-state index in [0.29, 0.717) is 13.2 Å². The van der Waals surface area contributed by atoms with E-state index in [-0.39, 0.29) is 18.6 Å². The first-order valence-corrected chi connectivity index (χ1v) is 6.90. The number of carbonyl (C=O) groups excluding carboxylic acids is 1. The largest absolute Gasteiger partial charge is 0.372 e. The molecule has 2 N–H and O–H groups in total. The molecule has 1 aromatic rings. The zero-order chi connectivity index (χ0) is 13.7. The molecule has 19 heavy (non-hydrogen) atoms. The summed E-state index contributed by atoms with van der Waals surface area (Å²) in [6, 6.07) is 7.61. The highest BCUT2D eigenvalue weighted by Gasteiger charge is 2.23. The Morgan fingerprint density at radius 3 is 2.84 bits per heavy atom. The summed E-state index contributed by atoms with van der Waals surface area (Å²) < 4.78 is 5.86. The van der Waals surface area contributed by atoms with Crippen molar-refractivity contribution in [3.63, 3.8) is 0 Å². The van der Waals surface area contributed by atoms with Gasteiger partial charge in [-0.1, -0.05) is 23.7 Å². The van der Waals surface area contributed by atoms with E-state index in [4.69, 9.17) is 22.1 Å². The topological polar surface area (TPSA) is 55.6 Å². The van der Waals surface area contributed by atoms with Crippen LogP contribution in [0.15, 0.2) is 24.3 Å². The van der Waals surface area contributed by atoms with Crippen molar-refractivity contribution in [1.29, 1.82) is 0 Å². The van der Waals surface area contributed by atoms with Gasteiger partial charge in [0, 0.05) is 18.1 Å². The van der Waals surface area contributed by atoms with Gasteiger partial charge in [0.25, 0.3) is 0 Å². The molecule has 104 valence electrons. The van der Waals surface area contributed by atoms with Crippen molar-refractivity contribution in [3.8, 4) is 0 Å². The third-order valence-electron chi connectivity index (χ3n) is 3.30. The molecule has 0 radical (unpaired) electrons. The molecule has 5 heteroatoms. The number of benzene rings is 1. The molecule has 4 nitrogen and oxygen atoms in total. The summed E-state index contributed by atoms with van der Waals surface area (Å²) in [5.41, 5.74) is 6.47. The lowest BCUT2D eigenvalue weighted by Crippen LogP contribution is -2.45. The molecule has 0 saturated carbocycles. The normalized spacial score (nSPS) is 19.5. The van der Waals surface area contributed by atoms with Crippen LogP contribution in [0.1, 0.15) is 18.4 Å². The van der Waals surface area contributed by atoms with Crippen molar-refractivity contribution in [1.82, 2.24) is 4.90 Å². The molecule has 1 saturated heterocycles. The highest BCUT2D eigenvalue weighted by molar-refractivity contribution is 6.30. The average molecular weight is 283 g/mol. The molecule has 0 spiro atoms. The summed E-state index contributed by atoms with van der Waals surface area (Å²) in [4.78, 5) is 13.3. The average Bonchev–Trinajstić information content (AvgIpc) is 2.46. The minimum Gasteiger partial charge on any atom is -0.372 e. The van der Waals surface area contributed by atoms with Gasteiger partial charge in [-0.25, -0.2) is 0 Å². The van der Waals surface area contributed by atoms with E-state index in [2.05, 4.69) is 0 Å². The summed E-state index contributed by atoms with van der Waals surface area (Å²) in [5.74, 6) is -0.000192. The van der Waals surface area contributed by atoms with E-state index in [0.717, 1.165) is 30.0 Å². The number of amides is 1. The van der Waals surface area contributed by atoms with E-state index >= 15 is 0 Å². The van der Waals surface area contributed by atoms with Crippen LogP contribution in [0.3, 0.4) is 0 Å². The molecule has 0 bridgehead atoms. The summed E-state index contributed by atoms with van der Waals surface area (Å²) in [6.07, 6.45) is 2.05. The lowest BCUT2D eigenvalue weighted by molar-refractivity contribution is -0.134. The number of carbonyl (C=O) groups is 1. The lowest BCUT2D eigenvalue weighted by atomic mass is 10.1. The molecule has 1 fully saturated rings. The van der Waals surface area contributed by atoms with Crippen molar-refractivity contribution in [2.75, 3.05) is 19.6 Å². The Morgan fingerprint density at radius 2 is 2.16 bits per heavy atom.